The Labute approximate surface area is 173 Å². The molecule has 1 fully saturated rings. The maximum Gasteiger partial charge on any atom is 0.295 e. The van der Waals surface area contributed by atoms with Crippen molar-refractivity contribution in [2.75, 3.05) is 25.1 Å². The summed E-state index contributed by atoms with van der Waals surface area (Å²) < 4.78 is 7.35. The van der Waals surface area contributed by atoms with Crippen molar-refractivity contribution in [2.24, 2.45) is 13.0 Å². The zero-order chi connectivity index (χ0) is 20.2. The Morgan fingerprint density at radius 1 is 1.31 bits per heavy atom. The second-order valence-electron chi connectivity index (χ2n) is 7.29. The lowest BCUT2D eigenvalue weighted by molar-refractivity contribution is -0.384. The molecule has 1 N–H and O–H groups in total. The molecular formula is C21H24N4O3S. The average molecular weight is 413 g/mol. The number of fused-ring (bicyclic) bond motifs is 1. The fraction of sp³-hybridized carbons (Fsp3) is 0.381. The molecule has 0 spiro atoms. The number of nitro groups is 1. The molecule has 1 aliphatic rings. The van der Waals surface area contributed by atoms with E-state index in [0.717, 1.165) is 42.2 Å². The smallest absolute Gasteiger partial charge is 0.295 e. The Kier molecular flexibility index (Phi) is 6.01. The third-order valence-electron chi connectivity index (χ3n) is 5.27. The molecule has 0 radical (unpaired) electrons. The molecule has 29 heavy (non-hydrogen) atoms. The Morgan fingerprint density at radius 3 is 2.79 bits per heavy atom. The maximum absolute atomic E-state index is 11.9. The van der Waals surface area contributed by atoms with Gasteiger partial charge in [0, 0.05) is 43.5 Å². The molecule has 0 bridgehead atoms. The SMILES string of the molecule is Cn1cnc2c(NCC3CCOCC3)c([N+](=O)[O-])cc(SCc3ccccc3)c21. The van der Waals surface area contributed by atoms with Crippen LogP contribution in [0.25, 0.3) is 11.0 Å². The number of imidazole rings is 1. The molecule has 1 aliphatic heterocycles. The van der Waals surface area contributed by atoms with Crippen LogP contribution in [0.15, 0.2) is 47.6 Å². The predicted octanol–water partition coefficient (Wildman–Crippen LogP) is 4.61. The van der Waals surface area contributed by atoms with Gasteiger partial charge in [-0.2, -0.15) is 0 Å². The molecule has 7 nitrogen and oxygen atoms in total. The van der Waals surface area contributed by atoms with Crippen molar-refractivity contribution in [3.05, 3.63) is 58.4 Å². The fourth-order valence-corrected chi connectivity index (χ4v) is 4.74. The van der Waals surface area contributed by atoms with Crippen LogP contribution in [0.5, 0.6) is 0 Å². The number of rotatable bonds is 7. The lowest BCUT2D eigenvalue weighted by Gasteiger charge is -2.22. The van der Waals surface area contributed by atoms with E-state index in [1.807, 2.05) is 29.8 Å². The van der Waals surface area contributed by atoms with E-state index >= 15 is 0 Å². The average Bonchev–Trinajstić information content (AvgIpc) is 3.14. The second-order valence-corrected chi connectivity index (χ2v) is 8.31. The standard InChI is InChI=1S/C21H24N4O3S/c1-24-14-23-20-19(22-12-15-7-9-28-10-8-15)17(25(26)27)11-18(21(20)24)29-13-16-5-3-2-4-6-16/h2-6,11,14-15,22H,7-10,12-13H2,1H3. The van der Waals surface area contributed by atoms with E-state index in [2.05, 4.69) is 22.4 Å². The van der Waals surface area contributed by atoms with Crippen LogP contribution in [-0.4, -0.2) is 34.2 Å². The van der Waals surface area contributed by atoms with Gasteiger partial charge >= 0.3 is 0 Å². The van der Waals surface area contributed by atoms with Gasteiger partial charge in [-0.15, -0.1) is 11.8 Å². The highest BCUT2D eigenvalue weighted by Crippen LogP contribution is 2.40. The van der Waals surface area contributed by atoms with Gasteiger partial charge in [-0.05, 0) is 24.3 Å². The summed E-state index contributed by atoms with van der Waals surface area (Å²) in [5, 5.41) is 15.2. The van der Waals surface area contributed by atoms with Crippen LogP contribution in [-0.2, 0) is 17.5 Å². The van der Waals surface area contributed by atoms with Gasteiger partial charge in [-0.3, -0.25) is 10.1 Å². The summed E-state index contributed by atoms with van der Waals surface area (Å²) in [4.78, 5) is 16.9. The van der Waals surface area contributed by atoms with Crippen LogP contribution in [0.4, 0.5) is 11.4 Å². The van der Waals surface area contributed by atoms with Crippen LogP contribution in [0.1, 0.15) is 18.4 Å². The van der Waals surface area contributed by atoms with Gasteiger partial charge in [0.25, 0.3) is 5.69 Å². The molecule has 8 heteroatoms. The number of hydrogen-bond acceptors (Lipinski definition) is 6. The van der Waals surface area contributed by atoms with Crippen molar-refractivity contribution in [3.63, 3.8) is 0 Å². The van der Waals surface area contributed by atoms with E-state index < -0.39 is 0 Å². The molecule has 1 aromatic heterocycles. The molecule has 152 valence electrons. The highest BCUT2D eigenvalue weighted by atomic mass is 32.2. The minimum absolute atomic E-state index is 0.0822. The normalized spacial score (nSPS) is 14.9. The number of benzene rings is 2. The summed E-state index contributed by atoms with van der Waals surface area (Å²) in [6.07, 6.45) is 3.66. The molecule has 1 saturated heterocycles. The zero-order valence-corrected chi connectivity index (χ0v) is 17.2. The van der Waals surface area contributed by atoms with Crippen molar-refractivity contribution in [2.45, 2.75) is 23.5 Å². The van der Waals surface area contributed by atoms with E-state index in [1.165, 1.54) is 5.56 Å². The Balaban J connectivity index is 1.66. The van der Waals surface area contributed by atoms with E-state index in [0.29, 0.717) is 23.7 Å². The van der Waals surface area contributed by atoms with Crippen LogP contribution in [0, 0.1) is 16.0 Å². The minimum atomic E-state index is -0.312. The summed E-state index contributed by atoms with van der Waals surface area (Å²) in [6.45, 7) is 2.19. The quantitative estimate of drug-likeness (QED) is 0.347. The molecule has 0 unspecified atom stereocenters. The molecule has 0 atom stereocenters. The molecule has 0 saturated carbocycles. The Morgan fingerprint density at radius 2 is 2.07 bits per heavy atom. The number of nitro benzene ring substituents is 1. The second kappa shape index (κ2) is 8.84. The third kappa shape index (κ3) is 4.38. The van der Waals surface area contributed by atoms with E-state index in [1.54, 1.807) is 24.2 Å². The number of hydrogen-bond donors (Lipinski definition) is 1. The first-order valence-electron chi connectivity index (χ1n) is 9.74. The largest absolute Gasteiger partial charge is 0.381 e. The first kappa shape index (κ1) is 19.7. The summed E-state index contributed by atoms with van der Waals surface area (Å²) in [5.41, 5.74) is 3.35. The number of aromatic nitrogens is 2. The van der Waals surface area contributed by atoms with Gasteiger partial charge in [0.05, 0.1) is 16.8 Å². The maximum atomic E-state index is 11.9. The number of ether oxygens (including phenoxy) is 1. The summed E-state index contributed by atoms with van der Waals surface area (Å²) in [5.74, 6) is 1.20. The summed E-state index contributed by atoms with van der Waals surface area (Å²) >= 11 is 1.60. The number of thioether (sulfide) groups is 1. The van der Waals surface area contributed by atoms with E-state index in [-0.39, 0.29) is 10.6 Å². The van der Waals surface area contributed by atoms with Crippen LogP contribution in [0.2, 0.25) is 0 Å². The lowest BCUT2D eigenvalue weighted by atomic mass is 10.0. The van der Waals surface area contributed by atoms with E-state index in [9.17, 15) is 10.1 Å². The molecule has 2 aromatic carbocycles. The van der Waals surface area contributed by atoms with Crippen molar-refractivity contribution < 1.29 is 9.66 Å². The van der Waals surface area contributed by atoms with Crippen LogP contribution in [0.3, 0.4) is 0 Å². The minimum Gasteiger partial charge on any atom is -0.381 e. The lowest BCUT2D eigenvalue weighted by Crippen LogP contribution is -2.23. The number of nitrogens with zero attached hydrogens (tertiary/aromatic N) is 3. The monoisotopic (exact) mass is 412 g/mol. The number of nitrogens with one attached hydrogen (secondary N) is 1. The molecule has 2 heterocycles. The fourth-order valence-electron chi connectivity index (χ4n) is 3.65. The summed E-state index contributed by atoms with van der Waals surface area (Å²) in [6, 6.07) is 11.8. The van der Waals surface area contributed by atoms with Crippen molar-refractivity contribution in [1.82, 2.24) is 9.55 Å². The van der Waals surface area contributed by atoms with Gasteiger partial charge in [0.2, 0.25) is 0 Å². The molecule has 4 rings (SSSR count). The predicted molar refractivity (Wildman–Crippen MR) is 115 cm³/mol. The van der Waals surface area contributed by atoms with Gasteiger partial charge in [0.1, 0.15) is 11.2 Å². The van der Waals surface area contributed by atoms with Gasteiger partial charge in [-0.25, -0.2) is 4.98 Å². The topological polar surface area (TPSA) is 82.2 Å². The van der Waals surface area contributed by atoms with Crippen LogP contribution >= 0.6 is 11.8 Å². The third-order valence-corrected chi connectivity index (χ3v) is 6.37. The Bertz CT molecular complexity index is 1000. The Hall–Kier alpha value is -2.58. The van der Waals surface area contributed by atoms with Gasteiger partial charge in [0.15, 0.2) is 0 Å². The molecule has 0 amide bonds. The molecule has 3 aromatic rings. The van der Waals surface area contributed by atoms with Gasteiger partial charge < -0.3 is 14.6 Å². The highest BCUT2D eigenvalue weighted by molar-refractivity contribution is 7.98. The van der Waals surface area contributed by atoms with Gasteiger partial charge in [-0.1, -0.05) is 30.3 Å². The number of aryl methyl sites for hydroxylation is 1. The van der Waals surface area contributed by atoms with E-state index in [4.69, 9.17) is 4.74 Å². The first-order chi connectivity index (χ1) is 14.1. The molecule has 0 aliphatic carbocycles. The van der Waals surface area contributed by atoms with Crippen molar-refractivity contribution >= 4 is 34.2 Å². The highest BCUT2D eigenvalue weighted by Gasteiger charge is 2.24. The van der Waals surface area contributed by atoms with Crippen molar-refractivity contribution in [1.29, 1.82) is 0 Å². The number of anilines is 1. The molecular weight excluding hydrogens is 388 g/mol. The first-order valence-corrected chi connectivity index (χ1v) is 10.7. The summed E-state index contributed by atoms with van der Waals surface area (Å²) in [7, 11) is 1.93. The zero-order valence-electron chi connectivity index (χ0n) is 16.3. The van der Waals surface area contributed by atoms with Crippen molar-refractivity contribution in [3.8, 4) is 0 Å². The van der Waals surface area contributed by atoms with Crippen LogP contribution < -0.4 is 5.32 Å².